The molecule has 1 unspecified atom stereocenters. The molecule has 2 N–H and O–H groups in total. The Morgan fingerprint density at radius 1 is 1.53 bits per heavy atom. The lowest BCUT2D eigenvalue weighted by Gasteiger charge is -2.17. The van der Waals surface area contributed by atoms with Gasteiger partial charge in [0.15, 0.2) is 0 Å². The van der Waals surface area contributed by atoms with Gasteiger partial charge in [-0.2, -0.15) is 4.98 Å². The minimum atomic E-state index is -0.404. The number of aliphatic hydroxyl groups excluding tert-OH is 1. The van der Waals surface area contributed by atoms with E-state index in [4.69, 9.17) is 9.26 Å². The molecule has 0 aliphatic carbocycles. The van der Waals surface area contributed by atoms with Crippen molar-refractivity contribution in [3.05, 3.63) is 11.7 Å². The van der Waals surface area contributed by atoms with Crippen LogP contribution >= 0.6 is 0 Å². The fourth-order valence-electron chi connectivity index (χ4n) is 2.45. The van der Waals surface area contributed by atoms with Crippen LogP contribution in [0.1, 0.15) is 43.9 Å². The van der Waals surface area contributed by atoms with E-state index in [0.29, 0.717) is 24.7 Å². The average Bonchev–Trinajstić information content (AvgIpc) is 2.96. The number of nitrogens with zero attached hydrogens (tertiary/aromatic N) is 2. The van der Waals surface area contributed by atoms with Crippen molar-refractivity contribution in [1.82, 2.24) is 15.5 Å². The Kier molecular flexibility index (Phi) is 2.65. The van der Waals surface area contributed by atoms with Crippen LogP contribution in [0.25, 0.3) is 0 Å². The van der Waals surface area contributed by atoms with Gasteiger partial charge >= 0.3 is 0 Å². The molecule has 6 nitrogen and oxygen atoms in total. The molecule has 2 aliphatic heterocycles. The fourth-order valence-corrected chi connectivity index (χ4v) is 2.45. The molecular formula is C11H17N3O3. The van der Waals surface area contributed by atoms with E-state index in [1.165, 1.54) is 0 Å². The second kappa shape index (κ2) is 4.04. The Morgan fingerprint density at radius 2 is 2.41 bits per heavy atom. The van der Waals surface area contributed by atoms with E-state index >= 15 is 0 Å². The van der Waals surface area contributed by atoms with Crippen molar-refractivity contribution in [1.29, 1.82) is 0 Å². The first-order chi connectivity index (χ1) is 8.17. The van der Waals surface area contributed by atoms with Crippen LogP contribution < -0.4 is 5.32 Å². The summed E-state index contributed by atoms with van der Waals surface area (Å²) in [5.74, 6) is 1.17. The zero-order chi connectivity index (χ0) is 11.9. The highest BCUT2D eigenvalue weighted by Crippen LogP contribution is 2.34. The quantitative estimate of drug-likeness (QED) is 0.781. The predicted molar refractivity (Wildman–Crippen MR) is 58.2 cm³/mol. The summed E-state index contributed by atoms with van der Waals surface area (Å²) in [6, 6.07) is -0.0312. The molecule has 1 aromatic rings. The molecule has 0 amide bonds. The topological polar surface area (TPSA) is 80.4 Å². The van der Waals surface area contributed by atoms with Crippen LogP contribution in [0, 0.1) is 0 Å². The van der Waals surface area contributed by atoms with E-state index in [-0.39, 0.29) is 12.1 Å². The molecule has 3 rings (SSSR count). The number of hydrogen-bond donors (Lipinski definition) is 2. The molecule has 2 saturated heterocycles. The number of rotatable bonds is 2. The Labute approximate surface area is 99.3 Å². The Morgan fingerprint density at radius 3 is 3.06 bits per heavy atom. The van der Waals surface area contributed by atoms with Crippen molar-refractivity contribution in [2.75, 3.05) is 13.2 Å². The summed E-state index contributed by atoms with van der Waals surface area (Å²) in [7, 11) is 0. The maximum absolute atomic E-state index is 9.45. The molecule has 0 bridgehead atoms. The van der Waals surface area contributed by atoms with Crippen LogP contribution in [0.4, 0.5) is 0 Å². The van der Waals surface area contributed by atoms with Crippen molar-refractivity contribution >= 4 is 0 Å². The number of nitrogens with one attached hydrogen (secondary N) is 1. The zero-order valence-corrected chi connectivity index (χ0v) is 9.85. The third-order valence-electron chi connectivity index (χ3n) is 3.54. The van der Waals surface area contributed by atoms with Crippen LogP contribution in [0.15, 0.2) is 4.52 Å². The highest BCUT2D eigenvalue weighted by atomic mass is 16.5. The highest BCUT2D eigenvalue weighted by Gasteiger charge is 2.38. The van der Waals surface area contributed by atoms with Gasteiger partial charge in [-0.25, -0.2) is 0 Å². The SMILES string of the molecule is CC1(c2noc([C@H]3C[C@H](O)CN3)n2)CCCO1. The van der Waals surface area contributed by atoms with Crippen LogP contribution in [0.3, 0.4) is 0 Å². The molecule has 0 aromatic carbocycles. The first kappa shape index (κ1) is 11.1. The summed E-state index contributed by atoms with van der Waals surface area (Å²) < 4.78 is 10.9. The molecule has 2 aliphatic rings. The second-order valence-electron chi connectivity index (χ2n) is 4.99. The van der Waals surface area contributed by atoms with E-state index in [1.54, 1.807) is 0 Å². The Hall–Kier alpha value is -0.980. The summed E-state index contributed by atoms with van der Waals surface area (Å²) in [5.41, 5.74) is -0.404. The maximum Gasteiger partial charge on any atom is 0.243 e. The van der Waals surface area contributed by atoms with Gasteiger partial charge in [0.2, 0.25) is 11.7 Å². The van der Waals surface area contributed by atoms with Gasteiger partial charge in [0, 0.05) is 13.2 Å². The van der Waals surface area contributed by atoms with Gasteiger partial charge in [-0.3, -0.25) is 0 Å². The summed E-state index contributed by atoms with van der Waals surface area (Å²) in [4.78, 5) is 4.40. The number of aromatic nitrogens is 2. The molecule has 1 aromatic heterocycles. The minimum Gasteiger partial charge on any atom is -0.392 e. The minimum absolute atomic E-state index is 0.0312. The Balaban J connectivity index is 1.78. The molecule has 17 heavy (non-hydrogen) atoms. The lowest BCUT2D eigenvalue weighted by atomic mass is 10.0. The largest absolute Gasteiger partial charge is 0.392 e. The maximum atomic E-state index is 9.45. The third kappa shape index (κ3) is 1.96. The van der Waals surface area contributed by atoms with Crippen molar-refractivity contribution in [2.45, 2.75) is 43.9 Å². The lowest BCUT2D eigenvalue weighted by molar-refractivity contribution is 0.00768. The van der Waals surface area contributed by atoms with Crippen LogP contribution in [0.2, 0.25) is 0 Å². The number of β-amino-alcohol motifs (C(OH)–C–C–N with tert-alkyl or cyclic N) is 1. The normalized spacial score (nSPS) is 37.8. The summed E-state index contributed by atoms with van der Waals surface area (Å²) in [6.45, 7) is 3.32. The van der Waals surface area contributed by atoms with Gasteiger partial charge in [0.25, 0.3) is 0 Å². The standard InChI is InChI=1S/C11H17N3O3/c1-11(3-2-4-16-11)10-13-9(17-14-10)8-5-7(15)6-12-8/h7-8,12,15H,2-6H2,1H3/t7-,8+,11?/m0/s1. The number of aliphatic hydroxyl groups is 1. The third-order valence-corrected chi connectivity index (χ3v) is 3.54. The van der Waals surface area contributed by atoms with Gasteiger partial charge in [-0.15, -0.1) is 0 Å². The van der Waals surface area contributed by atoms with E-state index in [9.17, 15) is 5.11 Å². The van der Waals surface area contributed by atoms with Crippen molar-refractivity contribution in [3.8, 4) is 0 Å². The molecule has 0 radical (unpaired) electrons. The first-order valence-electron chi connectivity index (χ1n) is 6.07. The van der Waals surface area contributed by atoms with Gasteiger partial charge in [0.05, 0.1) is 12.1 Å². The number of hydrogen-bond acceptors (Lipinski definition) is 6. The zero-order valence-electron chi connectivity index (χ0n) is 9.85. The smallest absolute Gasteiger partial charge is 0.243 e. The first-order valence-corrected chi connectivity index (χ1v) is 6.07. The van der Waals surface area contributed by atoms with Gasteiger partial charge in [-0.05, 0) is 26.2 Å². The van der Waals surface area contributed by atoms with Crippen LogP contribution in [-0.4, -0.2) is 34.5 Å². The van der Waals surface area contributed by atoms with Crippen LogP contribution in [-0.2, 0) is 10.3 Å². The van der Waals surface area contributed by atoms with E-state index in [0.717, 1.165) is 19.4 Å². The van der Waals surface area contributed by atoms with Crippen molar-refractivity contribution in [2.24, 2.45) is 0 Å². The monoisotopic (exact) mass is 239 g/mol. The average molecular weight is 239 g/mol. The summed E-state index contributed by atoms with van der Waals surface area (Å²) in [6.07, 6.45) is 2.25. The second-order valence-corrected chi connectivity index (χ2v) is 4.99. The van der Waals surface area contributed by atoms with Crippen molar-refractivity contribution in [3.63, 3.8) is 0 Å². The molecular weight excluding hydrogens is 222 g/mol. The molecule has 0 spiro atoms. The molecule has 2 fully saturated rings. The van der Waals surface area contributed by atoms with Gasteiger partial charge < -0.3 is 19.7 Å². The molecule has 3 heterocycles. The fraction of sp³-hybridized carbons (Fsp3) is 0.818. The highest BCUT2D eigenvalue weighted by molar-refractivity contribution is 5.04. The molecule has 0 saturated carbocycles. The Bertz CT molecular complexity index is 400. The summed E-state index contributed by atoms with van der Waals surface area (Å²) in [5, 5.41) is 16.6. The van der Waals surface area contributed by atoms with E-state index < -0.39 is 5.60 Å². The van der Waals surface area contributed by atoms with Gasteiger partial charge in [-0.1, -0.05) is 5.16 Å². The molecule has 94 valence electrons. The predicted octanol–water partition coefficient (Wildman–Crippen LogP) is 0.490. The lowest BCUT2D eigenvalue weighted by Crippen LogP contribution is -2.22. The van der Waals surface area contributed by atoms with E-state index in [1.807, 2.05) is 6.92 Å². The molecule has 6 heteroatoms. The molecule has 3 atom stereocenters. The summed E-state index contributed by atoms with van der Waals surface area (Å²) >= 11 is 0. The van der Waals surface area contributed by atoms with E-state index in [2.05, 4.69) is 15.5 Å². The van der Waals surface area contributed by atoms with Crippen molar-refractivity contribution < 1.29 is 14.4 Å². The van der Waals surface area contributed by atoms with Crippen LogP contribution in [0.5, 0.6) is 0 Å². The number of ether oxygens (including phenoxy) is 1. The van der Waals surface area contributed by atoms with Gasteiger partial charge in [0.1, 0.15) is 5.60 Å².